The van der Waals surface area contributed by atoms with E-state index in [0.29, 0.717) is 27.8 Å². The zero-order valence-corrected chi connectivity index (χ0v) is 19.1. The fourth-order valence-electron chi connectivity index (χ4n) is 3.44. The molecule has 0 unspecified atom stereocenters. The third kappa shape index (κ3) is 4.94. The molecule has 1 fully saturated rings. The van der Waals surface area contributed by atoms with E-state index in [1.807, 2.05) is 0 Å². The van der Waals surface area contributed by atoms with Gasteiger partial charge >= 0.3 is 0 Å². The van der Waals surface area contributed by atoms with Gasteiger partial charge < -0.3 is 10.1 Å². The average molecular weight is 486 g/mol. The van der Waals surface area contributed by atoms with Crippen LogP contribution in [0.15, 0.2) is 77.7 Å². The van der Waals surface area contributed by atoms with Crippen molar-refractivity contribution in [3.63, 3.8) is 0 Å². The molecular weight excluding hydrogens is 466 g/mol. The number of carbonyl (C=O) groups excluding carboxylic acids is 2. The van der Waals surface area contributed by atoms with Crippen molar-refractivity contribution >= 4 is 50.5 Å². The van der Waals surface area contributed by atoms with Crippen LogP contribution in [-0.4, -0.2) is 33.4 Å². The number of imide groups is 1. The number of nitrogens with zero attached hydrogens (tertiary/aromatic N) is 1. The van der Waals surface area contributed by atoms with Crippen molar-refractivity contribution < 1.29 is 22.7 Å². The summed E-state index contributed by atoms with van der Waals surface area (Å²) in [5, 5.41) is 3.42. The summed E-state index contributed by atoms with van der Waals surface area (Å²) in [6.45, 7) is 0. The van der Waals surface area contributed by atoms with Gasteiger partial charge in [-0.05, 0) is 66.7 Å². The van der Waals surface area contributed by atoms with Crippen LogP contribution in [0.1, 0.15) is 6.42 Å². The highest BCUT2D eigenvalue weighted by molar-refractivity contribution is 7.92. The first-order valence-corrected chi connectivity index (χ1v) is 11.8. The zero-order chi connectivity index (χ0) is 23.6. The van der Waals surface area contributed by atoms with Crippen LogP contribution in [0.4, 0.5) is 17.1 Å². The highest BCUT2D eigenvalue weighted by Gasteiger charge is 2.39. The first-order valence-electron chi connectivity index (χ1n) is 9.93. The average Bonchev–Trinajstić information content (AvgIpc) is 3.06. The molecule has 2 N–H and O–H groups in total. The van der Waals surface area contributed by atoms with Crippen LogP contribution >= 0.6 is 11.6 Å². The summed E-state index contributed by atoms with van der Waals surface area (Å²) in [6, 6.07) is 18.2. The van der Waals surface area contributed by atoms with E-state index in [0.717, 1.165) is 4.90 Å². The minimum Gasteiger partial charge on any atom is -0.497 e. The fraction of sp³-hybridized carbons (Fsp3) is 0.130. The number of benzene rings is 3. The summed E-state index contributed by atoms with van der Waals surface area (Å²) in [7, 11) is -2.29. The number of sulfonamides is 1. The van der Waals surface area contributed by atoms with Crippen molar-refractivity contribution in [2.24, 2.45) is 0 Å². The Balaban J connectivity index is 1.45. The van der Waals surface area contributed by atoms with Crippen LogP contribution in [0, 0.1) is 0 Å². The Hall–Kier alpha value is -3.56. The Morgan fingerprint density at radius 3 is 2.30 bits per heavy atom. The van der Waals surface area contributed by atoms with E-state index >= 15 is 0 Å². The molecule has 0 aromatic heterocycles. The minimum absolute atomic E-state index is 0.0127. The smallest absolute Gasteiger partial charge is 0.261 e. The lowest BCUT2D eigenvalue weighted by Gasteiger charge is -2.16. The molecule has 1 saturated heterocycles. The molecule has 0 saturated carbocycles. The van der Waals surface area contributed by atoms with E-state index in [2.05, 4.69) is 10.0 Å². The maximum Gasteiger partial charge on any atom is 0.261 e. The number of anilines is 3. The molecule has 1 atom stereocenters. The zero-order valence-electron chi connectivity index (χ0n) is 17.5. The van der Waals surface area contributed by atoms with E-state index < -0.39 is 16.1 Å². The quantitative estimate of drug-likeness (QED) is 0.492. The molecular formula is C23H20ClN3O5S. The van der Waals surface area contributed by atoms with Crippen LogP contribution in [0.25, 0.3) is 0 Å². The third-order valence-corrected chi connectivity index (χ3v) is 6.69. The summed E-state index contributed by atoms with van der Waals surface area (Å²) in [4.78, 5) is 26.5. The molecule has 2 amide bonds. The molecule has 1 aliphatic heterocycles. The Bertz CT molecular complexity index is 1290. The maximum absolute atomic E-state index is 12.8. The number of methoxy groups -OCH3 is 1. The van der Waals surface area contributed by atoms with Crippen LogP contribution in [0.5, 0.6) is 5.75 Å². The van der Waals surface area contributed by atoms with Crippen molar-refractivity contribution in [1.82, 2.24) is 0 Å². The molecule has 33 heavy (non-hydrogen) atoms. The summed E-state index contributed by atoms with van der Waals surface area (Å²) in [6.07, 6.45) is -0.0127. The molecule has 3 aromatic carbocycles. The molecule has 3 aromatic rings. The number of ether oxygens (including phenoxy) is 1. The van der Waals surface area contributed by atoms with Gasteiger partial charge in [0.2, 0.25) is 5.91 Å². The summed E-state index contributed by atoms with van der Waals surface area (Å²) < 4.78 is 32.8. The minimum atomic E-state index is -3.82. The number of nitrogens with one attached hydrogen (secondary N) is 2. The summed E-state index contributed by atoms with van der Waals surface area (Å²) in [5.74, 6) is -0.0931. The predicted octanol–water partition coefficient (Wildman–Crippen LogP) is 3.89. The number of hydrogen-bond acceptors (Lipinski definition) is 6. The van der Waals surface area contributed by atoms with Gasteiger partial charge in [-0.3, -0.25) is 14.3 Å². The van der Waals surface area contributed by atoms with Crippen LogP contribution in [0.3, 0.4) is 0 Å². The second-order valence-electron chi connectivity index (χ2n) is 7.31. The molecule has 0 aliphatic carbocycles. The second kappa shape index (κ2) is 9.13. The molecule has 8 nitrogen and oxygen atoms in total. The van der Waals surface area contributed by atoms with Gasteiger partial charge in [-0.2, -0.15) is 0 Å². The first kappa shape index (κ1) is 22.6. The van der Waals surface area contributed by atoms with Crippen molar-refractivity contribution in [1.29, 1.82) is 0 Å². The molecule has 1 heterocycles. The third-order valence-electron chi connectivity index (χ3n) is 5.06. The normalized spacial score (nSPS) is 16.1. The Kier molecular flexibility index (Phi) is 6.26. The van der Waals surface area contributed by atoms with Gasteiger partial charge in [0, 0.05) is 10.7 Å². The van der Waals surface area contributed by atoms with E-state index in [1.54, 1.807) is 54.6 Å². The Morgan fingerprint density at radius 1 is 0.970 bits per heavy atom. The van der Waals surface area contributed by atoms with Crippen molar-refractivity contribution in [2.75, 3.05) is 22.0 Å². The summed E-state index contributed by atoms with van der Waals surface area (Å²) >= 11 is 5.90. The highest BCUT2D eigenvalue weighted by atomic mass is 35.5. The van der Waals surface area contributed by atoms with Gasteiger partial charge in [0.15, 0.2) is 0 Å². The molecule has 0 spiro atoms. The van der Waals surface area contributed by atoms with E-state index in [1.165, 1.54) is 25.3 Å². The van der Waals surface area contributed by atoms with Gasteiger partial charge in [-0.25, -0.2) is 13.3 Å². The topological polar surface area (TPSA) is 105 Å². The van der Waals surface area contributed by atoms with Crippen molar-refractivity contribution in [3.05, 3.63) is 77.8 Å². The number of amides is 2. The maximum atomic E-state index is 12.8. The van der Waals surface area contributed by atoms with Crippen LogP contribution in [0.2, 0.25) is 5.02 Å². The van der Waals surface area contributed by atoms with Crippen molar-refractivity contribution in [3.8, 4) is 5.75 Å². The van der Waals surface area contributed by atoms with Gasteiger partial charge in [0.1, 0.15) is 11.8 Å². The number of halogens is 1. The second-order valence-corrected chi connectivity index (χ2v) is 9.43. The van der Waals surface area contributed by atoms with Gasteiger partial charge in [0.25, 0.3) is 15.9 Å². The van der Waals surface area contributed by atoms with Gasteiger partial charge in [-0.15, -0.1) is 0 Å². The Morgan fingerprint density at radius 2 is 1.67 bits per heavy atom. The SMILES string of the molecule is COc1ccc(N2C(=O)C[C@@H](Nc3ccc(S(=O)(=O)Nc4cccc(Cl)c4)cc3)C2=O)cc1. The van der Waals surface area contributed by atoms with Gasteiger partial charge in [-0.1, -0.05) is 17.7 Å². The van der Waals surface area contributed by atoms with Gasteiger partial charge in [0.05, 0.1) is 29.8 Å². The first-order chi connectivity index (χ1) is 15.8. The molecule has 1 aliphatic rings. The van der Waals surface area contributed by atoms with Crippen LogP contribution in [-0.2, 0) is 19.6 Å². The highest BCUT2D eigenvalue weighted by Crippen LogP contribution is 2.27. The number of hydrogen-bond donors (Lipinski definition) is 2. The predicted molar refractivity (Wildman–Crippen MR) is 126 cm³/mol. The van der Waals surface area contributed by atoms with E-state index in [4.69, 9.17) is 16.3 Å². The largest absolute Gasteiger partial charge is 0.497 e. The standard InChI is InChI=1S/C23H20ClN3O5S/c1-32-19-9-7-18(8-10-19)27-22(28)14-21(23(27)29)25-16-5-11-20(12-6-16)33(30,31)26-17-4-2-3-15(24)13-17/h2-13,21,25-26H,14H2,1H3/t21-/m1/s1. The van der Waals surface area contributed by atoms with E-state index in [-0.39, 0.29) is 23.1 Å². The number of carbonyl (C=O) groups is 2. The fourth-order valence-corrected chi connectivity index (χ4v) is 4.68. The van der Waals surface area contributed by atoms with Crippen molar-refractivity contribution in [2.45, 2.75) is 17.4 Å². The molecule has 0 bridgehead atoms. The van der Waals surface area contributed by atoms with Crippen LogP contribution < -0.4 is 19.7 Å². The Labute approximate surface area is 196 Å². The van der Waals surface area contributed by atoms with E-state index in [9.17, 15) is 18.0 Å². The number of rotatable bonds is 7. The lowest BCUT2D eigenvalue weighted by molar-refractivity contribution is -0.121. The molecule has 10 heteroatoms. The molecule has 0 radical (unpaired) electrons. The summed E-state index contributed by atoms with van der Waals surface area (Å²) in [5.41, 5.74) is 1.32. The monoisotopic (exact) mass is 485 g/mol. The molecule has 4 rings (SSSR count). The lowest BCUT2D eigenvalue weighted by Crippen LogP contribution is -2.34. The lowest BCUT2D eigenvalue weighted by atomic mass is 10.2. The molecule has 170 valence electrons.